The van der Waals surface area contributed by atoms with Gasteiger partial charge in [0.15, 0.2) is 0 Å². The molecule has 2 aromatic rings. The van der Waals surface area contributed by atoms with Crippen LogP contribution < -0.4 is 10.1 Å². The molecule has 0 spiro atoms. The third kappa shape index (κ3) is 4.61. The summed E-state index contributed by atoms with van der Waals surface area (Å²) in [5.74, 6) is -0.182. The third-order valence-electron chi connectivity index (χ3n) is 8.23. The fourth-order valence-corrected chi connectivity index (χ4v) is 6.57. The number of fused-ring (bicyclic) bond motifs is 1. The molecule has 0 aromatic heterocycles. The van der Waals surface area contributed by atoms with Gasteiger partial charge in [-0.05, 0) is 67.1 Å². The Morgan fingerprint density at radius 1 is 1.00 bits per heavy atom. The molecule has 0 bridgehead atoms. The van der Waals surface area contributed by atoms with E-state index in [2.05, 4.69) is 10.2 Å². The number of amides is 3. The van der Waals surface area contributed by atoms with Crippen molar-refractivity contribution in [2.45, 2.75) is 69.2 Å². The Morgan fingerprint density at radius 3 is 2.59 bits per heavy atom. The molecule has 6 rings (SSSR count). The zero-order valence-corrected chi connectivity index (χ0v) is 21.2. The Bertz CT molecular complexity index is 1260. The van der Waals surface area contributed by atoms with Crippen LogP contribution in [0.1, 0.15) is 65.9 Å². The predicted molar refractivity (Wildman–Crippen MR) is 135 cm³/mol. The normalized spacial score (nSPS) is 26.6. The summed E-state index contributed by atoms with van der Waals surface area (Å²) in [6.45, 7) is 2.07. The molecule has 9 heteroatoms. The Balaban J connectivity index is 1.12. The summed E-state index contributed by atoms with van der Waals surface area (Å²) in [6.07, 6.45) is 4.90. The quantitative estimate of drug-likeness (QED) is 0.596. The monoisotopic (exact) mass is 525 g/mol. The second-order valence-corrected chi connectivity index (χ2v) is 11.0. The van der Waals surface area contributed by atoms with Gasteiger partial charge in [0.25, 0.3) is 5.91 Å². The molecule has 0 radical (unpaired) electrons. The Hall–Kier alpha value is -2.97. The van der Waals surface area contributed by atoms with Crippen molar-refractivity contribution in [3.05, 3.63) is 63.9 Å². The van der Waals surface area contributed by atoms with Crippen LogP contribution in [0.3, 0.4) is 0 Å². The summed E-state index contributed by atoms with van der Waals surface area (Å²) >= 11 is 6.29. The molecular formula is C28H29ClFN3O4. The number of hydrogen-bond donors (Lipinski definition) is 1. The second-order valence-electron chi connectivity index (χ2n) is 10.5. The van der Waals surface area contributed by atoms with Crippen molar-refractivity contribution in [2.75, 3.05) is 13.1 Å². The van der Waals surface area contributed by atoms with Crippen molar-refractivity contribution in [1.29, 1.82) is 0 Å². The minimum absolute atomic E-state index is 0.0415. The van der Waals surface area contributed by atoms with Crippen LogP contribution in [-0.2, 0) is 16.1 Å². The third-order valence-corrected chi connectivity index (χ3v) is 8.56. The maximum atomic E-state index is 13.4. The molecule has 3 heterocycles. The van der Waals surface area contributed by atoms with E-state index in [-0.39, 0.29) is 30.2 Å². The fourth-order valence-electron chi connectivity index (χ4n) is 6.24. The first kappa shape index (κ1) is 24.4. The highest BCUT2D eigenvalue weighted by atomic mass is 35.5. The summed E-state index contributed by atoms with van der Waals surface area (Å²) in [5.41, 5.74) is 2.42. The SMILES string of the molecule is O=C1CCC(N2Cc3cc(O[C@H]4CCCC[C@H]4N4CC(c5ccc(F)cc5Cl)C4)ccc3C2=O)C(=O)N1. The fraction of sp³-hybridized carbons (Fsp3) is 0.464. The van der Waals surface area contributed by atoms with E-state index in [9.17, 15) is 18.8 Å². The molecule has 4 aliphatic rings. The highest BCUT2D eigenvalue weighted by molar-refractivity contribution is 6.31. The first-order valence-corrected chi connectivity index (χ1v) is 13.4. The summed E-state index contributed by atoms with van der Waals surface area (Å²) in [4.78, 5) is 40.8. The van der Waals surface area contributed by atoms with E-state index in [0.717, 1.165) is 55.6 Å². The molecular weight excluding hydrogens is 497 g/mol. The molecule has 2 saturated heterocycles. The number of nitrogens with one attached hydrogen (secondary N) is 1. The summed E-state index contributed by atoms with van der Waals surface area (Å²) < 4.78 is 20.0. The molecule has 2 aromatic carbocycles. The second kappa shape index (κ2) is 9.72. The number of piperidine rings is 1. The molecule has 3 atom stereocenters. The molecule has 1 unspecified atom stereocenters. The van der Waals surface area contributed by atoms with Gasteiger partial charge in [0.2, 0.25) is 11.8 Å². The predicted octanol–water partition coefficient (Wildman–Crippen LogP) is 4.03. The topological polar surface area (TPSA) is 79.0 Å². The number of benzene rings is 2. The van der Waals surface area contributed by atoms with Crippen molar-refractivity contribution in [2.24, 2.45) is 0 Å². The van der Waals surface area contributed by atoms with E-state index in [4.69, 9.17) is 16.3 Å². The number of hydrogen-bond acceptors (Lipinski definition) is 5. The maximum absolute atomic E-state index is 13.4. The number of ether oxygens (including phenoxy) is 1. The molecule has 3 amide bonds. The van der Waals surface area contributed by atoms with Crippen molar-refractivity contribution >= 4 is 29.3 Å². The van der Waals surface area contributed by atoms with Crippen LogP contribution in [-0.4, -0.2) is 58.8 Å². The lowest BCUT2D eigenvalue weighted by molar-refractivity contribution is -0.136. The number of carbonyl (C=O) groups is 3. The average molecular weight is 526 g/mol. The van der Waals surface area contributed by atoms with E-state index >= 15 is 0 Å². The van der Waals surface area contributed by atoms with Gasteiger partial charge in [0.1, 0.15) is 23.7 Å². The van der Waals surface area contributed by atoms with Gasteiger partial charge >= 0.3 is 0 Å². The van der Waals surface area contributed by atoms with E-state index in [1.165, 1.54) is 12.1 Å². The van der Waals surface area contributed by atoms with Crippen LogP contribution in [0, 0.1) is 5.82 Å². The number of carbonyl (C=O) groups excluding carboxylic acids is 3. The molecule has 1 saturated carbocycles. The van der Waals surface area contributed by atoms with E-state index in [1.807, 2.05) is 12.1 Å². The Labute approximate surface area is 219 Å². The lowest BCUT2D eigenvalue weighted by Crippen LogP contribution is -2.57. The van der Waals surface area contributed by atoms with Crippen LogP contribution in [0.25, 0.3) is 0 Å². The van der Waals surface area contributed by atoms with E-state index < -0.39 is 11.9 Å². The molecule has 37 heavy (non-hydrogen) atoms. The zero-order valence-electron chi connectivity index (χ0n) is 20.4. The number of halogens is 2. The van der Waals surface area contributed by atoms with Crippen LogP contribution in [0.2, 0.25) is 5.02 Å². The van der Waals surface area contributed by atoms with Gasteiger partial charge in [0.05, 0.1) is 0 Å². The van der Waals surface area contributed by atoms with Gasteiger partial charge in [-0.3, -0.25) is 24.6 Å². The summed E-state index contributed by atoms with van der Waals surface area (Å²) in [5, 5.41) is 2.83. The smallest absolute Gasteiger partial charge is 0.255 e. The number of nitrogens with zero attached hydrogens (tertiary/aromatic N) is 2. The van der Waals surface area contributed by atoms with Gasteiger partial charge in [0, 0.05) is 48.6 Å². The number of imide groups is 1. The molecule has 1 N–H and O–H groups in total. The van der Waals surface area contributed by atoms with Crippen molar-refractivity contribution in [3.63, 3.8) is 0 Å². The molecule has 1 aliphatic carbocycles. The lowest BCUT2D eigenvalue weighted by Gasteiger charge is -2.48. The van der Waals surface area contributed by atoms with Gasteiger partial charge in [-0.15, -0.1) is 0 Å². The zero-order chi connectivity index (χ0) is 25.7. The van der Waals surface area contributed by atoms with Crippen LogP contribution in [0.5, 0.6) is 5.75 Å². The molecule has 7 nitrogen and oxygen atoms in total. The summed E-state index contributed by atoms with van der Waals surface area (Å²) in [7, 11) is 0. The lowest BCUT2D eigenvalue weighted by atomic mass is 9.84. The minimum atomic E-state index is -0.626. The van der Waals surface area contributed by atoms with Crippen LogP contribution >= 0.6 is 11.6 Å². The Kier molecular flexibility index (Phi) is 6.41. The number of likely N-dealkylation sites (tertiary alicyclic amines) is 1. The highest BCUT2D eigenvalue weighted by Crippen LogP contribution is 2.38. The average Bonchev–Trinajstić information content (AvgIpc) is 3.16. The van der Waals surface area contributed by atoms with Gasteiger partial charge < -0.3 is 9.64 Å². The first-order valence-electron chi connectivity index (χ1n) is 13.0. The summed E-state index contributed by atoms with van der Waals surface area (Å²) in [6, 6.07) is 9.85. The van der Waals surface area contributed by atoms with Crippen LogP contribution in [0.4, 0.5) is 4.39 Å². The van der Waals surface area contributed by atoms with Gasteiger partial charge in [-0.25, -0.2) is 4.39 Å². The molecule has 194 valence electrons. The number of rotatable bonds is 5. The maximum Gasteiger partial charge on any atom is 0.255 e. The van der Waals surface area contributed by atoms with Crippen LogP contribution in [0.15, 0.2) is 36.4 Å². The molecule has 3 aliphatic heterocycles. The van der Waals surface area contributed by atoms with Crippen molar-refractivity contribution < 1.29 is 23.5 Å². The highest BCUT2D eigenvalue weighted by Gasteiger charge is 2.41. The minimum Gasteiger partial charge on any atom is -0.489 e. The Morgan fingerprint density at radius 2 is 1.81 bits per heavy atom. The van der Waals surface area contributed by atoms with Gasteiger partial charge in [-0.1, -0.05) is 24.1 Å². The standard InChI is InChI=1S/C28H29ClFN3O4/c29-22-12-18(30)5-7-20(22)17-13-32(14-17)23-3-1-2-4-25(23)37-19-6-8-21-16(11-19)15-33(28(21)36)24-9-10-26(34)31-27(24)35/h5-8,11-12,17,23-25H,1-4,9-10,13-15H2,(H,31,34,35)/t23-,24?,25+/m1/s1. The van der Waals surface area contributed by atoms with E-state index in [0.29, 0.717) is 35.5 Å². The molecule has 3 fully saturated rings. The van der Waals surface area contributed by atoms with E-state index in [1.54, 1.807) is 17.0 Å². The first-order chi connectivity index (χ1) is 17.9. The largest absolute Gasteiger partial charge is 0.489 e. The van der Waals surface area contributed by atoms with Crippen molar-refractivity contribution in [1.82, 2.24) is 15.1 Å². The van der Waals surface area contributed by atoms with Gasteiger partial charge in [-0.2, -0.15) is 0 Å². The van der Waals surface area contributed by atoms with Crippen molar-refractivity contribution in [3.8, 4) is 5.75 Å².